The molecular formula is C16H20N2O. The van der Waals surface area contributed by atoms with Crippen LogP contribution in [0.4, 0.5) is 5.69 Å². The fourth-order valence-corrected chi connectivity index (χ4v) is 2.10. The fraction of sp³-hybridized carbons (Fsp3) is 0.375. The van der Waals surface area contributed by atoms with Gasteiger partial charge in [0.1, 0.15) is 0 Å². The van der Waals surface area contributed by atoms with E-state index < -0.39 is 0 Å². The second-order valence-electron chi connectivity index (χ2n) is 6.12. The van der Waals surface area contributed by atoms with Gasteiger partial charge >= 0.3 is 0 Å². The molecule has 0 aliphatic heterocycles. The molecule has 0 saturated heterocycles. The zero-order chi connectivity index (χ0) is 14.0. The molecule has 2 aromatic rings. The predicted octanol–water partition coefficient (Wildman–Crippen LogP) is 3.92. The Hall–Kier alpha value is -1.90. The van der Waals surface area contributed by atoms with E-state index in [0.29, 0.717) is 6.42 Å². The third-order valence-corrected chi connectivity index (χ3v) is 2.94. The molecule has 0 atom stereocenters. The molecule has 0 fully saturated rings. The van der Waals surface area contributed by atoms with Gasteiger partial charge in [0.05, 0.1) is 11.2 Å². The second-order valence-corrected chi connectivity index (χ2v) is 6.12. The number of fused-ring (bicyclic) bond motifs is 1. The Morgan fingerprint density at radius 1 is 1.26 bits per heavy atom. The van der Waals surface area contributed by atoms with Crippen LogP contribution < -0.4 is 5.32 Å². The van der Waals surface area contributed by atoms with Gasteiger partial charge in [-0.25, -0.2) is 0 Å². The molecule has 0 bridgehead atoms. The van der Waals surface area contributed by atoms with Crippen LogP contribution in [0.25, 0.3) is 10.9 Å². The summed E-state index contributed by atoms with van der Waals surface area (Å²) in [6.45, 7) is 8.19. The maximum absolute atomic E-state index is 12.0. The van der Waals surface area contributed by atoms with Gasteiger partial charge < -0.3 is 5.32 Å². The minimum absolute atomic E-state index is 0.0111. The summed E-state index contributed by atoms with van der Waals surface area (Å²) >= 11 is 0. The Morgan fingerprint density at radius 2 is 2.00 bits per heavy atom. The quantitative estimate of drug-likeness (QED) is 0.885. The number of nitrogens with one attached hydrogen (secondary N) is 1. The SMILES string of the molecule is Cc1ccc(NC(=O)CC(C)(C)C)c2cccnc12. The summed E-state index contributed by atoms with van der Waals surface area (Å²) < 4.78 is 0. The van der Waals surface area contributed by atoms with Gasteiger partial charge in [0, 0.05) is 18.0 Å². The largest absolute Gasteiger partial charge is 0.325 e. The van der Waals surface area contributed by atoms with E-state index in [-0.39, 0.29) is 11.3 Å². The van der Waals surface area contributed by atoms with Crippen molar-refractivity contribution in [3.05, 3.63) is 36.0 Å². The molecule has 3 nitrogen and oxygen atoms in total. The van der Waals surface area contributed by atoms with Crippen LogP contribution in [0.5, 0.6) is 0 Å². The number of hydrogen-bond donors (Lipinski definition) is 1. The summed E-state index contributed by atoms with van der Waals surface area (Å²) in [5, 5.41) is 3.98. The van der Waals surface area contributed by atoms with Gasteiger partial charge in [-0.05, 0) is 36.1 Å². The number of aromatic nitrogens is 1. The van der Waals surface area contributed by atoms with E-state index in [4.69, 9.17) is 0 Å². The van der Waals surface area contributed by atoms with Gasteiger partial charge in [-0.15, -0.1) is 0 Å². The second kappa shape index (κ2) is 5.00. The number of nitrogens with zero attached hydrogens (tertiary/aromatic N) is 1. The third kappa shape index (κ3) is 3.31. The lowest BCUT2D eigenvalue weighted by Crippen LogP contribution is -2.19. The minimum atomic E-state index is -0.0111. The molecule has 1 aromatic carbocycles. The van der Waals surface area contributed by atoms with Crippen LogP contribution in [0, 0.1) is 12.3 Å². The molecule has 2 rings (SSSR count). The molecule has 1 N–H and O–H groups in total. The van der Waals surface area contributed by atoms with Crippen molar-refractivity contribution in [1.29, 1.82) is 0 Å². The molecule has 0 radical (unpaired) electrons. The summed E-state index contributed by atoms with van der Waals surface area (Å²) in [6.07, 6.45) is 2.28. The third-order valence-electron chi connectivity index (χ3n) is 2.94. The average molecular weight is 256 g/mol. The van der Waals surface area contributed by atoms with Crippen LogP contribution in [-0.4, -0.2) is 10.9 Å². The highest BCUT2D eigenvalue weighted by Crippen LogP contribution is 2.26. The number of amides is 1. The predicted molar refractivity (Wildman–Crippen MR) is 79.2 cm³/mol. The molecule has 0 spiro atoms. The van der Waals surface area contributed by atoms with Crippen molar-refractivity contribution >= 4 is 22.5 Å². The van der Waals surface area contributed by atoms with Crippen LogP contribution in [0.1, 0.15) is 32.8 Å². The van der Waals surface area contributed by atoms with Crippen LogP contribution in [0.2, 0.25) is 0 Å². The van der Waals surface area contributed by atoms with E-state index in [0.717, 1.165) is 22.2 Å². The fourth-order valence-electron chi connectivity index (χ4n) is 2.10. The van der Waals surface area contributed by atoms with Crippen molar-refractivity contribution in [3.63, 3.8) is 0 Å². The zero-order valence-corrected chi connectivity index (χ0v) is 11.9. The number of benzene rings is 1. The Morgan fingerprint density at radius 3 is 2.68 bits per heavy atom. The van der Waals surface area contributed by atoms with E-state index in [1.54, 1.807) is 6.20 Å². The molecule has 0 aliphatic carbocycles. The van der Waals surface area contributed by atoms with Crippen molar-refractivity contribution in [2.45, 2.75) is 34.1 Å². The summed E-state index contributed by atoms with van der Waals surface area (Å²) in [5.74, 6) is 0.0431. The Labute approximate surface area is 114 Å². The van der Waals surface area contributed by atoms with Gasteiger partial charge in [-0.1, -0.05) is 26.8 Å². The molecule has 0 saturated carbocycles. The van der Waals surface area contributed by atoms with Gasteiger partial charge in [0.2, 0.25) is 5.91 Å². The maximum Gasteiger partial charge on any atom is 0.224 e. The van der Waals surface area contributed by atoms with Gasteiger partial charge in [0.25, 0.3) is 0 Å². The lowest BCUT2D eigenvalue weighted by Gasteiger charge is -2.18. The summed E-state index contributed by atoms with van der Waals surface area (Å²) in [5.41, 5.74) is 2.88. The van der Waals surface area contributed by atoms with E-state index in [1.165, 1.54) is 0 Å². The van der Waals surface area contributed by atoms with Crippen molar-refractivity contribution in [2.75, 3.05) is 5.32 Å². The van der Waals surface area contributed by atoms with E-state index >= 15 is 0 Å². The van der Waals surface area contributed by atoms with Crippen LogP contribution in [-0.2, 0) is 4.79 Å². The number of carbonyl (C=O) groups excluding carboxylic acids is 1. The first-order valence-corrected chi connectivity index (χ1v) is 6.51. The molecular weight excluding hydrogens is 236 g/mol. The molecule has 19 heavy (non-hydrogen) atoms. The molecule has 1 amide bonds. The summed E-state index contributed by atoms with van der Waals surface area (Å²) in [7, 11) is 0. The zero-order valence-electron chi connectivity index (χ0n) is 11.9. The summed E-state index contributed by atoms with van der Waals surface area (Å²) in [6, 6.07) is 7.81. The Bertz CT molecular complexity index is 612. The Balaban J connectivity index is 2.31. The number of rotatable bonds is 2. The van der Waals surface area contributed by atoms with Crippen molar-refractivity contribution < 1.29 is 4.79 Å². The number of aryl methyl sites for hydroxylation is 1. The monoisotopic (exact) mass is 256 g/mol. The first kappa shape index (κ1) is 13.5. The number of pyridine rings is 1. The van der Waals surface area contributed by atoms with Crippen LogP contribution in [0.3, 0.4) is 0 Å². The van der Waals surface area contributed by atoms with Gasteiger partial charge in [-0.3, -0.25) is 9.78 Å². The summed E-state index contributed by atoms with van der Waals surface area (Å²) in [4.78, 5) is 16.4. The normalized spacial score (nSPS) is 11.6. The molecule has 0 aliphatic rings. The van der Waals surface area contributed by atoms with Gasteiger partial charge in [-0.2, -0.15) is 0 Å². The van der Waals surface area contributed by atoms with Gasteiger partial charge in [0.15, 0.2) is 0 Å². The number of hydrogen-bond acceptors (Lipinski definition) is 2. The molecule has 100 valence electrons. The molecule has 0 unspecified atom stereocenters. The lowest BCUT2D eigenvalue weighted by atomic mass is 9.92. The topological polar surface area (TPSA) is 42.0 Å². The first-order chi connectivity index (χ1) is 8.87. The standard InChI is InChI=1S/C16H20N2O/c1-11-7-8-13(12-6-5-9-17-15(11)12)18-14(19)10-16(2,3)4/h5-9H,10H2,1-4H3,(H,18,19). The minimum Gasteiger partial charge on any atom is -0.325 e. The lowest BCUT2D eigenvalue weighted by molar-refractivity contribution is -0.117. The first-order valence-electron chi connectivity index (χ1n) is 6.51. The van der Waals surface area contributed by atoms with E-state index in [9.17, 15) is 4.79 Å². The van der Waals surface area contributed by atoms with Crippen molar-refractivity contribution in [2.24, 2.45) is 5.41 Å². The number of carbonyl (C=O) groups is 1. The highest BCUT2D eigenvalue weighted by atomic mass is 16.1. The van der Waals surface area contributed by atoms with Crippen molar-refractivity contribution in [1.82, 2.24) is 4.98 Å². The molecule has 1 aromatic heterocycles. The average Bonchev–Trinajstić information content (AvgIpc) is 2.31. The maximum atomic E-state index is 12.0. The van der Waals surface area contributed by atoms with E-state index in [1.807, 2.05) is 31.2 Å². The smallest absolute Gasteiger partial charge is 0.224 e. The highest BCUT2D eigenvalue weighted by Gasteiger charge is 2.16. The molecule has 3 heteroatoms. The van der Waals surface area contributed by atoms with E-state index in [2.05, 4.69) is 31.1 Å². The highest BCUT2D eigenvalue weighted by molar-refractivity contribution is 6.01. The van der Waals surface area contributed by atoms with Crippen molar-refractivity contribution in [3.8, 4) is 0 Å². The van der Waals surface area contributed by atoms with Crippen LogP contribution in [0.15, 0.2) is 30.5 Å². The Kier molecular flexibility index (Phi) is 3.56. The number of anilines is 1. The molecule has 1 heterocycles. The van der Waals surface area contributed by atoms with Crippen LogP contribution >= 0.6 is 0 Å².